The van der Waals surface area contributed by atoms with Crippen LogP contribution in [0.2, 0.25) is 0 Å². The van der Waals surface area contributed by atoms with E-state index in [1.165, 1.54) is 0 Å². The second kappa shape index (κ2) is 3.46. The van der Waals surface area contributed by atoms with Crippen LogP contribution in [0.25, 0.3) is 6.08 Å². The van der Waals surface area contributed by atoms with Crippen molar-refractivity contribution in [2.75, 3.05) is 0 Å². The van der Waals surface area contributed by atoms with Crippen molar-refractivity contribution in [2.45, 2.75) is 20.3 Å². The molecule has 0 saturated heterocycles. The monoisotopic (exact) mass is 200 g/mol. The Balaban J connectivity index is 2.63. The molecule has 2 heteroatoms. The molecule has 1 aliphatic carbocycles. The van der Waals surface area contributed by atoms with Gasteiger partial charge in [0.15, 0.2) is 11.6 Å². The first-order chi connectivity index (χ1) is 7.15. The number of carbonyl (C=O) groups excluding carboxylic acids is 2. The number of ketones is 2. The lowest BCUT2D eigenvalue weighted by molar-refractivity contribution is 0.0988. The number of benzene rings is 1. The van der Waals surface area contributed by atoms with Gasteiger partial charge in [-0.1, -0.05) is 25.1 Å². The lowest BCUT2D eigenvalue weighted by Gasteiger charge is -2.03. The zero-order valence-corrected chi connectivity index (χ0v) is 8.83. The second-order valence-corrected chi connectivity index (χ2v) is 3.70. The van der Waals surface area contributed by atoms with Crippen LogP contribution in [0.5, 0.6) is 0 Å². The Hall–Kier alpha value is -1.70. The molecule has 76 valence electrons. The zero-order chi connectivity index (χ0) is 11.0. The Morgan fingerprint density at radius 1 is 1.33 bits per heavy atom. The number of Topliss-reactive ketones (excluding diaryl/α,β-unsaturated/α-hetero) is 2. The molecular formula is C13H12O2. The molecule has 1 aromatic rings. The van der Waals surface area contributed by atoms with E-state index in [4.69, 9.17) is 0 Å². The summed E-state index contributed by atoms with van der Waals surface area (Å²) in [4.78, 5) is 23.3. The van der Waals surface area contributed by atoms with Crippen molar-refractivity contribution in [3.05, 3.63) is 40.5 Å². The molecule has 2 rings (SSSR count). The SMILES string of the molecule is CCC(=O)c1cccc2c1C=C(C)C2=O. The standard InChI is InChI=1S/C13H12O2/c1-3-12(14)9-5-4-6-10-11(9)7-8(2)13(10)15/h4-7H,3H2,1-2H3. The summed E-state index contributed by atoms with van der Waals surface area (Å²) in [7, 11) is 0. The van der Waals surface area contributed by atoms with Gasteiger partial charge < -0.3 is 0 Å². The molecule has 15 heavy (non-hydrogen) atoms. The van der Waals surface area contributed by atoms with Gasteiger partial charge in [-0.2, -0.15) is 0 Å². The van der Waals surface area contributed by atoms with Crippen molar-refractivity contribution in [1.82, 2.24) is 0 Å². The molecule has 0 atom stereocenters. The van der Waals surface area contributed by atoms with Crippen molar-refractivity contribution in [3.8, 4) is 0 Å². The molecule has 1 aromatic carbocycles. The number of hydrogen-bond acceptors (Lipinski definition) is 2. The van der Waals surface area contributed by atoms with Crippen LogP contribution >= 0.6 is 0 Å². The number of fused-ring (bicyclic) bond motifs is 1. The third kappa shape index (κ3) is 1.42. The Kier molecular flexibility index (Phi) is 2.27. The first-order valence-corrected chi connectivity index (χ1v) is 5.04. The lowest BCUT2D eigenvalue weighted by Crippen LogP contribution is -2.02. The van der Waals surface area contributed by atoms with E-state index in [0.717, 1.165) is 5.56 Å². The molecule has 0 fully saturated rings. The van der Waals surface area contributed by atoms with Crippen LogP contribution in [0, 0.1) is 0 Å². The molecule has 0 heterocycles. The smallest absolute Gasteiger partial charge is 0.189 e. The summed E-state index contributed by atoms with van der Waals surface area (Å²) in [6, 6.07) is 5.33. The van der Waals surface area contributed by atoms with Crippen LogP contribution in [-0.2, 0) is 0 Å². The maximum absolute atomic E-state index is 11.7. The third-order valence-electron chi connectivity index (χ3n) is 2.69. The lowest BCUT2D eigenvalue weighted by atomic mass is 9.99. The van der Waals surface area contributed by atoms with Crippen LogP contribution in [0.15, 0.2) is 23.8 Å². The second-order valence-electron chi connectivity index (χ2n) is 3.70. The minimum Gasteiger partial charge on any atom is -0.294 e. The minimum absolute atomic E-state index is 0.0377. The molecule has 0 spiro atoms. The Morgan fingerprint density at radius 3 is 2.73 bits per heavy atom. The van der Waals surface area contributed by atoms with Gasteiger partial charge in [-0.05, 0) is 24.1 Å². The average Bonchev–Trinajstić information content (AvgIpc) is 2.54. The van der Waals surface area contributed by atoms with E-state index in [2.05, 4.69) is 0 Å². The molecule has 0 amide bonds. The predicted molar refractivity (Wildman–Crippen MR) is 59.0 cm³/mol. The predicted octanol–water partition coefficient (Wildman–Crippen LogP) is 2.88. The molecule has 0 aliphatic heterocycles. The van der Waals surface area contributed by atoms with Crippen molar-refractivity contribution in [1.29, 1.82) is 0 Å². The van der Waals surface area contributed by atoms with Gasteiger partial charge in [0.25, 0.3) is 0 Å². The van der Waals surface area contributed by atoms with Gasteiger partial charge in [0.2, 0.25) is 0 Å². The molecule has 2 nitrogen and oxygen atoms in total. The molecule has 0 radical (unpaired) electrons. The van der Waals surface area contributed by atoms with Crippen LogP contribution in [0.3, 0.4) is 0 Å². The van der Waals surface area contributed by atoms with Gasteiger partial charge in [0.05, 0.1) is 0 Å². The summed E-state index contributed by atoms with van der Waals surface area (Å²) in [6.07, 6.45) is 2.28. The molecule has 0 unspecified atom stereocenters. The van der Waals surface area contributed by atoms with Crippen LogP contribution in [0.4, 0.5) is 0 Å². The zero-order valence-electron chi connectivity index (χ0n) is 8.83. The van der Waals surface area contributed by atoms with Gasteiger partial charge in [-0.3, -0.25) is 9.59 Å². The quantitative estimate of drug-likeness (QED) is 0.688. The van der Waals surface area contributed by atoms with Crippen LogP contribution in [0.1, 0.15) is 46.5 Å². The molecule has 0 saturated carbocycles. The van der Waals surface area contributed by atoms with Gasteiger partial charge in [0, 0.05) is 17.5 Å². The topological polar surface area (TPSA) is 34.1 Å². The fourth-order valence-corrected chi connectivity index (χ4v) is 1.85. The van der Waals surface area contributed by atoms with E-state index in [1.807, 2.05) is 6.92 Å². The van der Waals surface area contributed by atoms with Crippen molar-refractivity contribution >= 4 is 17.6 Å². The summed E-state index contributed by atoms with van der Waals surface area (Å²) in [6.45, 7) is 3.61. The number of allylic oxidation sites excluding steroid dienone is 1. The van der Waals surface area contributed by atoms with Crippen LogP contribution < -0.4 is 0 Å². The van der Waals surface area contributed by atoms with Gasteiger partial charge in [0.1, 0.15) is 0 Å². The van der Waals surface area contributed by atoms with Crippen molar-refractivity contribution in [2.24, 2.45) is 0 Å². The highest BCUT2D eigenvalue weighted by atomic mass is 16.1. The van der Waals surface area contributed by atoms with Crippen molar-refractivity contribution in [3.63, 3.8) is 0 Å². The van der Waals surface area contributed by atoms with E-state index in [9.17, 15) is 9.59 Å². The first kappa shape index (κ1) is 9.84. The molecular weight excluding hydrogens is 188 g/mol. The van der Waals surface area contributed by atoms with Gasteiger partial charge in [-0.15, -0.1) is 0 Å². The highest BCUT2D eigenvalue weighted by Crippen LogP contribution is 2.28. The number of carbonyl (C=O) groups is 2. The average molecular weight is 200 g/mol. The number of rotatable bonds is 2. The highest BCUT2D eigenvalue weighted by Gasteiger charge is 2.22. The van der Waals surface area contributed by atoms with E-state index in [0.29, 0.717) is 23.1 Å². The van der Waals surface area contributed by atoms with Gasteiger partial charge >= 0.3 is 0 Å². The fraction of sp³-hybridized carbons (Fsp3) is 0.231. The molecule has 0 N–H and O–H groups in total. The highest BCUT2D eigenvalue weighted by molar-refractivity contribution is 6.20. The molecule has 0 bridgehead atoms. The summed E-state index contributed by atoms with van der Waals surface area (Å²) in [5.74, 6) is 0.126. The summed E-state index contributed by atoms with van der Waals surface area (Å²) in [5.41, 5.74) is 2.83. The van der Waals surface area contributed by atoms with Crippen molar-refractivity contribution < 1.29 is 9.59 Å². The van der Waals surface area contributed by atoms with E-state index >= 15 is 0 Å². The minimum atomic E-state index is 0.0377. The largest absolute Gasteiger partial charge is 0.294 e. The summed E-state index contributed by atoms with van der Waals surface area (Å²) < 4.78 is 0. The van der Waals surface area contributed by atoms with Crippen LogP contribution in [-0.4, -0.2) is 11.6 Å². The first-order valence-electron chi connectivity index (χ1n) is 5.04. The summed E-state index contributed by atoms with van der Waals surface area (Å²) >= 11 is 0. The summed E-state index contributed by atoms with van der Waals surface area (Å²) in [5, 5.41) is 0. The molecule has 0 aromatic heterocycles. The van der Waals surface area contributed by atoms with E-state index in [1.54, 1.807) is 31.2 Å². The fourth-order valence-electron chi connectivity index (χ4n) is 1.85. The molecule has 1 aliphatic rings. The maximum Gasteiger partial charge on any atom is 0.189 e. The Morgan fingerprint density at radius 2 is 2.07 bits per heavy atom. The normalized spacial score (nSPS) is 13.7. The third-order valence-corrected chi connectivity index (χ3v) is 2.69. The Labute approximate surface area is 88.6 Å². The Bertz CT molecular complexity index is 481. The number of hydrogen-bond donors (Lipinski definition) is 0. The van der Waals surface area contributed by atoms with E-state index in [-0.39, 0.29) is 11.6 Å². The maximum atomic E-state index is 11.7. The van der Waals surface area contributed by atoms with E-state index < -0.39 is 0 Å². The van der Waals surface area contributed by atoms with Gasteiger partial charge in [-0.25, -0.2) is 0 Å².